The Balaban J connectivity index is 1.90. The summed E-state index contributed by atoms with van der Waals surface area (Å²) < 4.78 is 7.25. The number of carbonyl (C=O) groups is 1. The first-order valence-corrected chi connectivity index (χ1v) is 9.27. The van der Waals surface area contributed by atoms with E-state index in [0.29, 0.717) is 24.4 Å². The Morgan fingerprint density at radius 2 is 2.00 bits per heavy atom. The van der Waals surface area contributed by atoms with Crippen molar-refractivity contribution in [2.75, 3.05) is 13.2 Å². The van der Waals surface area contributed by atoms with Crippen molar-refractivity contribution < 1.29 is 9.53 Å². The van der Waals surface area contributed by atoms with Crippen molar-refractivity contribution in [3.8, 4) is 11.3 Å². The molecule has 27 heavy (non-hydrogen) atoms. The first-order valence-electron chi connectivity index (χ1n) is 9.27. The molecule has 1 aromatic carbocycles. The van der Waals surface area contributed by atoms with E-state index in [4.69, 9.17) is 9.72 Å². The molecule has 0 saturated heterocycles. The number of nitrogens with zero attached hydrogens (tertiary/aromatic N) is 3. The third-order valence-electron chi connectivity index (χ3n) is 4.34. The van der Waals surface area contributed by atoms with E-state index in [1.807, 2.05) is 64.2 Å². The summed E-state index contributed by atoms with van der Waals surface area (Å²) >= 11 is 0. The zero-order chi connectivity index (χ0) is 19.4. The highest BCUT2D eigenvalue weighted by Gasteiger charge is 2.19. The lowest BCUT2D eigenvalue weighted by Crippen LogP contribution is -2.26. The van der Waals surface area contributed by atoms with Gasteiger partial charge in [0.05, 0.1) is 28.4 Å². The fraction of sp³-hybridized carbons (Fsp3) is 0.381. The molecule has 0 aliphatic carbocycles. The van der Waals surface area contributed by atoms with E-state index in [9.17, 15) is 4.79 Å². The second-order valence-electron chi connectivity index (χ2n) is 6.86. The molecule has 0 unspecified atom stereocenters. The normalized spacial score (nSPS) is 11.3. The molecule has 6 heteroatoms. The zero-order valence-electron chi connectivity index (χ0n) is 16.3. The molecule has 0 spiro atoms. The van der Waals surface area contributed by atoms with Gasteiger partial charge in [-0.15, -0.1) is 0 Å². The van der Waals surface area contributed by atoms with Crippen molar-refractivity contribution in [3.05, 3.63) is 47.7 Å². The molecule has 2 heterocycles. The van der Waals surface area contributed by atoms with Crippen molar-refractivity contribution >= 4 is 16.9 Å². The first kappa shape index (κ1) is 19.0. The molecule has 0 radical (unpaired) electrons. The summed E-state index contributed by atoms with van der Waals surface area (Å²) in [6.07, 6.45) is 0.974. The van der Waals surface area contributed by atoms with E-state index in [1.165, 1.54) is 0 Å². The third kappa shape index (κ3) is 4.34. The maximum Gasteiger partial charge on any atom is 0.252 e. The van der Waals surface area contributed by atoms with Crippen LogP contribution in [0.2, 0.25) is 0 Å². The highest BCUT2D eigenvalue weighted by atomic mass is 16.5. The summed E-state index contributed by atoms with van der Waals surface area (Å²) in [5.41, 5.74) is 3.85. The first-order chi connectivity index (χ1) is 13.0. The van der Waals surface area contributed by atoms with Crippen LogP contribution >= 0.6 is 0 Å². The van der Waals surface area contributed by atoms with Gasteiger partial charge in [-0.05, 0) is 33.3 Å². The van der Waals surface area contributed by atoms with Crippen LogP contribution in [0.3, 0.4) is 0 Å². The number of ether oxygens (including phenoxy) is 1. The summed E-state index contributed by atoms with van der Waals surface area (Å²) in [5, 5.41) is 8.25. The summed E-state index contributed by atoms with van der Waals surface area (Å²) in [6, 6.07) is 11.7. The van der Waals surface area contributed by atoms with E-state index < -0.39 is 0 Å². The molecule has 0 bridgehead atoms. The topological polar surface area (TPSA) is 69.0 Å². The number of carbonyl (C=O) groups excluding carboxylic acids is 1. The number of hydrogen-bond acceptors (Lipinski definition) is 4. The van der Waals surface area contributed by atoms with Crippen molar-refractivity contribution in [1.29, 1.82) is 0 Å². The molecule has 0 atom stereocenters. The van der Waals surface area contributed by atoms with Crippen molar-refractivity contribution in [2.45, 2.75) is 33.3 Å². The van der Waals surface area contributed by atoms with Gasteiger partial charge in [0.25, 0.3) is 5.91 Å². The van der Waals surface area contributed by atoms with Crippen LogP contribution in [0.4, 0.5) is 0 Å². The minimum absolute atomic E-state index is 0.111. The highest BCUT2D eigenvalue weighted by Crippen LogP contribution is 2.26. The van der Waals surface area contributed by atoms with Gasteiger partial charge >= 0.3 is 0 Å². The minimum atomic E-state index is -0.111. The average molecular weight is 366 g/mol. The van der Waals surface area contributed by atoms with Crippen LogP contribution in [0.15, 0.2) is 36.4 Å². The molecular weight excluding hydrogens is 340 g/mol. The van der Waals surface area contributed by atoms with Gasteiger partial charge in [0.1, 0.15) is 0 Å². The molecule has 142 valence electrons. The molecule has 6 nitrogen and oxygen atoms in total. The summed E-state index contributed by atoms with van der Waals surface area (Å²) in [4.78, 5) is 17.6. The highest BCUT2D eigenvalue weighted by molar-refractivity contribution is 6.07. The number of fused-ring (bicyclic) bond motifs is 1. The van der Waals surface area contributed by atoms with Crippen molar-refractivity contribution in [3.63, 3.8) is 0 Å². The van der Waals surface area contributed by atoms with Crippen molar-refractivity contribution in [2.24, 2.45) is 7.05 Å². The Morgan fingerprint density at radius 1 is 1.26 bits per heavy atom. The number of hydrogen-bond donors (Lipinski definition) is 1. The average Bonchev–Trinajstić information content (AvgIpc) is 2.95. The van der Waals surface area contributed by atoms with Gasteiger partial charge in [-0.25, -0.2) is 4.98 Å². The summed E-state index contributed by atoms with van der Waals surface area (Å²) in [6.45, 7) is 7.10. The Bertz CT molecular complexity index is 932. The fourth-order valence-electron chi connectivity index (χ4n) is 3.07. The zero-order valence-corrected chi connectivity index (χ0v) is 16.3. The van der Waals surface area contributed by atoms with Gasteiger partial charge in [0.15, 0.2) is 5.65 Å². The number of pyridine rings is 1. The Labute approximate surface area is 159 Å². The maximum absolute atomic E-state index is 12.9. The van der Waals surface area contributed by atoms with E-state index in [1.54, 1.807) is 4.68 Å². The van der Waals surface area contributed by atoms with Gasteiger partial charge in [-0.3, -0.25) is 9.48 Å². The van der Waals surface area contributed by atoms with Crippen molar-refractivity contribution in [1.82, 2.24) is 20.1 Å². The number of amides is 1. The van der Waals surface area contributed by atoms with E-state index in [-0.39, 0.29) is 12.0 Å². The standard InChI is InChI=1S/C21H26N4O2/c1-14(2)27-12-8-11-22-21(26)17-13-18(16-9-6-5-7-10-16)23-20-19(17)15(3)24-25(20)4/h5-7,9-10,13-14H,8,11-12H2,1-4H3,(H,22,26). The number of aryl methyl sites for hydroxylation is 2. The molecule has 1 amide bonds. The van der Waals surface area contributed by atoms with Gasteiger partial charge in [0, 0.05) is 25.8 Å². The van der Waals surface area contributed by atoms with Crippen LogP contribution < -0.4 is 5.32 Å². The SMILES string of the molecule is Cc1nn(C)c2nc(-c3ccccc3)cc(C(=O)NCCCOC(C)C)c12. The van der Waals surface area contributed by atoms with Gasteiger partial charge in [0.2, 0.25) is 0 Å². The van der Waals surface area contributed by atoms with Crippen LogP contribution in [0.1, 0.15) is 36.3 Å². The van der Waals surface area contributed by atoms with E-state index in [0.717, 1.165) is 28.8 Å². The molecule has 0 aliphatic heterocycles. The predicted molar refractivity (Wildman–Crippen MR) is 107 cm³/mol. The third-order valence-corrected chi connectivity index (χ3v) is 4.34. The second-order valence-corrected chi connectivity index (χ2v) is 6.86. The lowest BCUT2D eigenvalue weighted by Gasteiger charge is -2.10. The second kappa shape index (κ2) is 8.31. The van der Waals surface area contributed by atoms with E-state index in [2.05, 4.69) is 10.4 Å². The largest absolute Gasteiger partial charge is 0.379 e. The molecule has 2 aromatic heterocycles. The van der Waals surface area contributed by atoms with Gasteiger partial charge in [-0.2, -0.15) is 5.10 Å². The summed E-state index contributed by atoms with van der Waals surface area (Å²) in [7, 11) is 1.85. The van der Waals surface area contributed by atoms with Crippen LogP contribution in [0.5, 0.6) is 0 Å². The molecule has 0 saturated carbocycles. The summed E-state index contributed by atoms with van der Waals surface area (Å²) in [5.74, 6) is -0.111. The molecular formula is C21H26N4O2. The Morgan fingerprint density at radius 3 is 2.70 bits per heavy atom. The Hall–Kier alpha value is -2.73. The molecule has 1 N–H and O–H groups in total. The molecule has 3 rings (SSSR count). The Kier molecular flexibility index (Phi) is 5.86. The molecule has 0 fully saturated rings. The molecule has 3 aromatic rings. The van der Waals surface area contributed by atoms with Gasteiger partial charge in [-0.1, -0.05) is 30.3 Å². The van der Waals surface area contributed by atoms with Crippen LogP contribution in [-0.2, 0) is 11.8 Å². The molecule has 0 aliphatic rings. The number of rotatable bonds is 7. The van der Waals surface area contributed by atoms with E-state index >= 15 is 0 Å². The number of benzene rings is 1. The number of aromatic nitrogens is 3. The van der Waals surface area contributed by atoms with Crippen LogP contribution in [-0.4, -0.2) is 39.9 Å². The minimum Gasteiger partial charge on any atom is -0.379 e. The fourth-order valence-corrected chi connectivity index (χ4v) is 3.07. The number of nitrogens with one attached hydrogen (secondary N) is 1. The lowest BCUT2D eigenvalue weighted by atomic mass is 10.0. The lowest BCUT2D eigenvalue weighted by molar-refractivity contribution is 0.0757. The smallest absolute Gasteiger partial charge is 0.252 e. The quantitative estimate of drug-likeness (QED) is 0.650. The maximum atomic E-state index is 12.9. The predicted octanol–water partition coefficient (Wildman–Crippen LogP) is 3.49. The van der Waals surface area contributed by atoms with Crippen LogP contribution in [0, 0.1) is 6.92 Å². The van der Waals surface area contributed by atoms with Crippen LogP contribution in [0.25, 0.3) is 22.3 Å². The van der Waals surface area contributed by atoms with Gasteiger partial charge < -0.3 is 10.1 Å². The monoisotopic (exact) mass is 366 g/mol.